The van der Waals surface area contributed by atoms with E-state index in [9.17, 15) is 9.59 Å². The highest BCUT2D eigenvalue weighted by atomic mass is 16.2. The Hall–Kier alpha value is -3.16. The Balaban J connectivity index is 1.85. The van der Waals surface area contributed by atoms with Crippen LogP contribution in [0, 0.1) is 13.8 Å². The number of aromatic nitrogens is 4. The van der Waals surface area contributed by atoms with Gasteiger partial charge in [-0.05, 0) is 26.0 Å². The van der Waals surface area contributed by atoms with Crippen molar-refractivity contribution in [3.63, 3.8) is 0 Å². The molecule has 0 aliphatic heterocycles. The SMILES string of the molecule is Cc1ccc(NC(=O)Nc2c(C)nc3nc[nH]n3c2=O)cc1. The number of H-pyrrole nitrogens is 1. The molecule has 0 saturated heterocycles. The first-order chi connectivity index (χ1) is 10.5. The summed E-state index contributed by atoms with van der Waals surface area (Å²) >= 11 is 0. The zero-order valence-electron chi connectivity index (χ0n) is 12.0. The predicted molar refractivity (Wildman–Crippen MR) is 82.2 cm³/mol. The van der Waals surface area contributed by atoms with Gasteiger partial charge in [0, 0.05) is 5.69 Å². The van der Waals surface area contributed by atoms with Crippen LogP contribution in [-0.2, 0) is 0 Å². The minimum Gasteiger partial charge on any atom is -0.308 e. The number of hydrogen-bond donors (Lipinski definition) is 3. The number of carbonyl (C=O) groups excluding carboxylic acids is 1. The largest absolute Gasteiger partial charge is 0.323 e. The average Bonchev–Trinajstić information content (AvgIpc) is 2.94. The lowest BCUT2D eigenvalue weighted by atomic mass is 10.2. The summed E-state index contributed by atoms with van der Waals surface area (Å²) < 4.78 is 1.16. The number of anilines is 2. The summed E-state index contributed by atoms with van der Waals surface area (Å²) in [5, 5.41) is 7.84. The topological polar surface area (TPSA) is 104 Å². The van der Waals surface area contributed by atoms with E-state index in [4.69, 9.17) is 0 Å². The zero-order chi connectivity index (χ0) is 15.7. The van der Waals surface area contributed by atoms with Crippen molar-refractivity contribution in [1.82, 2.24) is 19.6 Å². The Bertz CT molecular complexity index is 894. The molecule has 22 heavy (non-hydrogen) atoms. The number of urea groups is 1. The third-order valence-corrected chi connectivity index (χ3v) is 3.16. The molecule has 0 aliphatic rings. The van der Waals surface area contributed by atoms with E-state index in [0.29, 0.717) is 11.4 Å². The van der Waals surface area contributed by atoms with E-state index >= 15 is 0 Å². The molecule has 8 nitrogen and oxygen atoms in total. The van der Waals surface area contributed by atoms with Gasteiger partial charge in [0.05, 0.1) is 5.69 Å². The first-order valence-electron chi connectivity index (χ1n) is 6.62. The van der Waals surface area contributed by atoms with Crippen LogP contribution in [0.2, 0.25) is 0 Å². The number of hydrogen-bond acceptors (Lipinski definition) is 4. The van der Waals surface area contributed by atoms with Crippen LogP contribution < -0.4 is 16.2 Å². The normalized spacial score (nSPS) is 10.6. The first kappa shape index (κ1) is 13.8. The average molecular weight is 298 g/mol. The molecule has 2 amide bonds. The van der Waals surface area contributed by atoms with Crippen LogP contribution in [0.3, 0.4) is 0 Å². The fraction of sp³-hybridized carbons (Fsp3) is 0.143. The predicted octanol–water partition coefficient (Wildman–Crippen LogP) is 1.68. The molecule has 8 heteroatoms. The molecule has 0 unspecified atom stereocenters. The first-order valence-corrected chi connectivity index (χ1v) is 6.62. The molecule has 112 valence electrons. The smallest absolute Gasteiger partial charge is 0.308 e. The van der Waals surface area contributed by atoms with Crippen molar-refractivity contribution in [2.45, 2.75) is 13.8 Å². The van der Waals surface area contributed by atoms with Gasteiger partial charge in [-0.25, -0.2) is 14.8 Å². The van der Waals surface area contributed by atoms with Crippen LogP contribution in [0.5, 0.6) is 0 Å². The molecule has 1 aromatic carbocycles. The molecule has 0 radical (unpaired) electrons. The van der Waals surface area contributed by atoms with Gasteiger partial charge in [0.1, 0.15) is 12.0 Å². The lowest BCUT2D eigenvalue weighted by Crippen LogP contribution is -2.28. The molecule has 3 aromatic rings. The quantitative estimate of drug-likeness (QED) is 0.669. The molecule has 0 spiro atoms. The number of nitrogens with one attached hydrogen (secondary N) is 3. The van der Waals surface area contributed by atoms with Gasteiger partial charge in [0.25, 0.3) is 11.3 Å². The minimum atomic E-state index is -0.509. The van der Waals surface area contributed by atoms with E-state index < -0.39 is 11.6 Å². The summed E-state index contributed by atoms with van der Waals surface area (Å²) in [5.74, 6) is 0.256. The van der Waals surface area contributed by atoms with Crippen molar-refractivity contribution in [3.05, 3.63) is 52.2 Å². The molecular weight excluding hydrogens is 284 g/mol. The van der Waals surface area contributed by atoms with Crippen LogP contribution in [0.15, 0.2) is 35.4 Å². The van der Waals surface area contributed by atoms with Crippen molar-refractivity contribution >= 4 is 23.2 Å². The van der Waals surface area contributed by atoms with Crippen LogP contribution in [0.25, 0.3) is 5.78 Å². The van der Waals surface area contributed by atoms with E-state index in [1.165, 1.54) is 6.33 Å². The van der Waals surface area contributed by atoms with E-state index in [-0.39, 0.29) is 11.5 Å². The van der Waals surface area contributed by atoms with Gasteiger partial charge in [-0.2, -0.15) is 4.52 Å². The molecular formula is C14H14N6O2. The van der Waals surface area contributed by atoms with Crippen LogP contribution in [0.1, 0.15) is 11.3 Å². The molecule has 3 rings (SSSR count). The highest BCUT2D eigenvalue weighted by molar-refractivity contribution is 5.99. The van der Waals surface area contributed by atoms with Gasteiger partial charge >= 0.3 is 6.03 Å². The number of aryl methyl sites for hydroxylation is 2. The third kappa shape index (κ3) is 2.53. The molecule has 0 atom stereocenters. The Kier molecular flexibility index (Phi) is 3.34. The summed E-state index contributed by atoms with van der Waals surface area (Å²) in [5.41, 5.74) is 1.81. The van der Waals surface area contributed by atoms with Crippen LogP contribution in [-0.4, -0.2) is 25.6 Å². The summed E-state index contributed by atoms with van der Waals surface area (Å²) in [6.45, 7) is 3.59. The van der Waals surface area contributed by atoms with E-state index in [2.05, 4.69) is 25.7 Å². The van der Waals surface area contributed by atoms with Gasteiger partial charge in [0.15, 0.2) is 0 Å². The van der Waals surface area contributed by atoms with Crippen molar-refractivity contribution in [1.29, 1.82) is 0 Å². The second-order valence-corrected chi connectivity index (χ2v) is 4.85. The van der Waals surface area contributed by atoms with Gasteiger partial charge in [-0.15, -0.1) is 0 Å². The van der Waals surface area contributed by atoms with E-state index in [0.717, 1.165) is 10.1 Å². The molecule has 0 fully saturated rings. The fourth-order valence-corrected chi connectivity index (χ4v) is 2.02. The minimum absolute atomic E-state index is 0.103. The highest BCUT2D eigenvalue weighted by Crippen LogP contribution is 2.11. The van der Waals surface area contributed by atoms with Gasteiger partial charge in [-0.3, -0.25) is 9.89 Å². The summed E-state index contributed by atoms with van der Waals surface area (Å²) in [6, 6.07) is 6.82. The molecule has 2 heterocycles. The Morgan fingerprint density at radius 3 is 2.64 bits per heavy atom. The number of amides is 2. The second-order valence-electron chi connectivity index (χ2n) is 4.85. The Morgan fingerprint density at radius 1 is 1.18 bits per heavy atom. The second kappa shape index (κ2) is 5.32. The lowest BCUT2D eigenvalue weighted by molar-refractivity contribution is 0.262. The maximum Gasteiger partial charge on any atom is 0.323 e. The number of carbonyl (C=O) groups is 1. The third-order valence-electron chi connectivity index (χ3n) is 3.16. The molecule has 3 N–H and O–H groups in total. The van der Waals surface area contributed by atoms with E-state index in [1.807, 2.05) is 19.1 Å². The van der Waals surface area contributed by atoms with Crippen molar-refractivity contribution in [2.75, 3.05) is 10.6 Å². The number of nitrogens with zero attached hydrogens (tertiary/aromatic N) is 3. The van der Waals surface area contributed by atoms with Gasteiger partial charge in [0.2, 0.25) is 0 Å². The van der Waals surface area contributed by atoms with E-state index in [1.54, 1.807) is 19.1 Å². The fourth-order valence-electron chi connectivity index (χ4n) is 2.02. The monoisotopic (exact) mass is 298 g/mol. The zero-order valence-corrected chi connectivity index (χ0v) is 12.0. The van der Waals surface area contributed by atoms with Gasteiger partial charge < -0.3 is 10.6 Å². The van der Waals surface area contributed by atoms with Crippen molar-refractivity contribution in [3.8, 4) is 0 Å². The molecule has 0 saturated carbocycles. The molecule has 0 bridgehead atoms. The number of benzene rings is 1. The standard InChI is InChI=1S/C14H14N6O2/c1-8-3-5-10(6-4-8)18-14(22)19-11-9(2)17-13-15-7-16-20(13)12(11)21/h3-7H,1-2H3,(H,15,16,17)(H2,18,19,22). The van der Waals surface area contributed by atoms with Crippen molar-refractivity contribution in [2.24, 2.45) is 0 Å². The lowest BCUT2D eigenvalue weighted by Gasteiger charge is -2.09. The summed E-state index contributed by atoms with van der Waals surface area (Å²) in [6.07, 6.45) is 1.36. The number of aromatic amines is 1. The maximum atomic E-state index is 12.3. The molecule has 0 aliphatic carbocycles. The van der Waals surface area contributed by atoms with Crippen LogP contribution in [0.4, 0.5) is 16.2 Å². The molecule has 2 aromatic heterocycles. The van der Waals surface area contributed by atoms with Crippen molar-refractivity contribution < 1.29 is 4.79 Å². The number of fused-ring (bicyclic) bond motifs is 1. The van der Waals surface area contributed by atoms with Gasteiger partial charge in [-0.1, -0.05) is 17.7 Å². The Morgan fingerprint density at radius 2 is 1.91 bits per heavy atom. The van der Waals surface area contributed by atoms with Crippen LogP contribution >= 0.6 is 0 Å². The summed E-state index contributed by atoms with van der Waals surface area (Å²) in [4.78, 5) is 32.3. The number of rotatable bonds is 2. The maximum absolute atomic E-state index is 12.3. The summed E-state index contributed by atoms with van der Waals surface area (Å²) in [7, 11) is 0. The Labute approximate surface area is 125 Å². The highest BCUT2D eigenvalue weighted by Gasteiger charge is 2.13.